The molecule has 3 aromatic carbocycles. The second-order valence-electron chi connectivity index (χ2n) is 8.91. The first-order valence-electron chi connectivity index (χ1n) is 12.9. The van der Waals surface area contributed by atoms with Gasteiger partial charge in [0, 0.05) is 30.8 Å². The van der Waals surface area contributed by atoms with Gasteiger partial charge in [0.2, 0.25) is 15.2 Å². The lowest BCUT2D eigenvalue weighted by Crippen LogP contribution is -2.32. The Labute approximate surface area is 241 Å². The van der Waals surface area contributed by atoms with E-state index in [9.17, 15) is 23.3 Å². The number of unbranched alkanes of at least 4 members (excludes halogenated alkanes) is 1. The van der Waals surface area contributed by atoms with Gasteiger partial charge in [0.1, 0.15) is 5.75 Å². The number of nitrogens with zero attached hydrogens (tertiary/aromatic N) is 5. The molecule has 0 aliphatic heterocycles. The van der Waals surface area contributed by atoms with Gasteiger partial charge in [-0.05, 0) is 66.6 Å². The van der Waals surface area contributed by atoms with Crippen molar-refractivity contribution in [2.24, 2.45) is 5.10 Å². The Balaban J connectivity index is 1.69. The highest BCUT2D eigenvalue weighted by atomic mass is 32.2. The number of benzene rings is 3. The van der Waals surface area contributed by atoms with Gasteiger partial charge >= 0.3 is 0 Å². The SMILES string of the molecule is CCCCN(CC)S(=O)(=O)c1ccc(C(=O)N(/N=C/c2ccc([N+](=O)[O-])cc2)c2nc3ccc(OC)cc3s2)cc1. The van der Waals surface area contributed by atoms with E-state index in [0.717, 1.165) is 22.6 Å². The maximum atomic E-state index is 13.7. The summed E-state index contributed by atoms with van der Waals surface area (Å²) in [6, 6.07) is 16.8. The molecule has 4 rings (SSSR count). The summed E-state index contributed by atoms with van der Waals surface area (Å²) >= 11 is 1.23. The van der Waals surface area contributed by atoms with Gasteiger partial charge in [-0.2, -0.15) is 14.4 Å². The number of non-ortho nitro benzene ring substituents is 1. The van der Waals surface area contributed by atoms with E-state index >= 15 is 0 Å². The number of hydrogen-bond acceptors (Lipinski definition) is 9. The lowest BCUT2D eigenvalue weighted by molar-refractivity contribution is -0.384. The van der Waals surface area contributed by atoms with Crippen LogP contribution in [0.3, 0.4) is 0 Å². The molecule has 4 aromatic rings. The summed E-state index contributed by atoms with van der Waals surface area (Å²) in [5.41, 5.74) is 1.31. The van der Waals surface area contributed by atoms with Gasteiger partial charge in [0.25, 0.3) is 11.6 Å². The van der Waals surface area contributed by atoms with Gasteiger partial charge in [-0.15, -0.1) is 0 Å². The number of thiazole rings is 1. The molecule has 0 atom stereocenters. The number of hydrazone groups is 1. The maximum absolute atomic E-state index is 13.7. The van der Waals surface area contributed by atoms with Crippen molar-refractivity contribution in [2.75, 3.05) is 25.2 Å². The van der Waals surface area contributed by atoms with Crippen molar-refractivity contribution in [3.8, 4) is 5.75 Å². The summed E-state index contributed by atoms with van der Waals surface area (Å²) in [6.45, 7) is 4.55. The second kappa shape index (κ2) is 13.0. The van der Waals surface area contributed by atoms with Crippen LogP contribution in [0.1, 0.15) is 42.6 Å². The number of nitro groups is 1. The standard InChI is InChI=1S/C28H29N5O6S2/c1-4-6-17-31(5-2)41(37,38)24-14-9-21(10-15-24)27(34)32(29-19-20-7-11-22(12-8-20)33(35)36)28-30-25-16-13-23(39-3)18-26(25)40-28/h7-16,18-19H,4-6,17H2,1-3H3/b29-19+. The fourth-order valence-corrected chi connectivity index (χ4v) is 6.37. The van der Waals surface area contributed by atoms with Crippen molar-refractivity contribution >= 4 is 54.5 Å². The Morgan fingerprint density at radius 1 is 1.10 bits per heavy atom. The molecule has 1 aromatic heterocycles. The van der Waals surface area contributed by atoms with Gasteiger partial charge in [-0.3, -0.25) is 14.9 Å². The van der Waals surface area contributed by atoms with Gasteiger partial charge in [-0.1, -0.05) is 31.6 Å². The number of amides is 1. The largest absolute Gasteiger partial charge is 0.497 e. The van der Waals surface area contributed by atoms with Crippen LogP contribution in [0.25, 0.3) is 10.2 Å². The molecule has 0 saturated heterocycles. The Bertz CT molecular complexity index is 1670. The van der Waals surface area contributed by atoms with E-state index < -0.39 is 20.9 Å². The molecule has 0 aliphatic rings. The van der Waals surface area contributed by atoms with Crippen LogP contribution in [0, 0.1) is 10.1 Å². The summed E-state index contributed by atoms with van der Waals surface area (Å²) in [4.78, 5) is 28.9. The van der Waals surface area contributed by atoms with Gasteiger partial charge in [0.15, 0.2) is 0 Å². The lowest BCUT2D eigenvalue weighted by Gasteiger charge is -2.20. The number of methoxy groups -OCH3 is 1. The Morgan fingerprint density at radius 3 is 2.41 bits per heavy atom. The molecule has 0 spiro atoms. The van der Waals surface area contributed by atoms with E-state index in [-0.39, 0.29) is 21.3 Å². The average molecular weight is 596 g/mol. The quantitative estimate of drug-likeness (QED) is 0.116. The van der Waals surface area contributed by atoms with E-state index in [1.54, 1.807) is 32.2 Å². The minimum absolute atomic E-state index is 0.0680. The predicted molar refractivity (Wildman–Crippen MR) is 159 cm³/mol. The zero-order chi connectivity index (χ0) is 29.6. The van der Waals surface area contributed by atoms with Crippen LogP contribution in [0.2, 0.25) is 0 Å². The smallest absolute Gasteiger partial charge is 0.280 e. The lowest BCUT2D eigenvalue weighted by atomic mass is 10.2. The van der Waals surface area contributed by atoms with Crippen molar-refractivity contribution in [3.05, 3.63) is 88.0 Å². The first kappa shape index (κ1) is 29.8. The van der Waals surface area contributed by atoms with Crippen LogP contribution in [0.15, 0.2) is 76.7 Å². The van der Waals surface area contributed by atoms with E-state index in [1.807, 2.05) is 6.92 Å². The highest BCUT2D eigenvalue weighted by Gasteiger charge is 2.25. The number of rotatable bonds is 12. The molecule has 214 valence electrons. The summed E-state index contributed by atoms with van der Waals surface area (Å²) in [6.07, 6.45) is 3.02. The summed E-state index contributed by atoms with van der Waals surface area (Å²) in [5, 5.41) is 16.8. The van der Waals surface area contributed by atoms with E-state index in [0.29, 0.717) is 29.9 Å². The summed E-state index contributed by atoms with van der Waals surface area (Å²) in [7, 11) is -2.15. The molecule has 0 N–H and O–H groups in total. The Hall–Kier alpha value is -4.20. The number of carbonyl (C=O) groups is 1. The zero-order valence-electron chi connectivity index (χ0n) is 22.8. The third-order valence-electron chi connectivity index (χ3n) is 6.24. The normalized spacial score (nSPS) is 11.8. The predicted octanol–water partition coefficient (Wildman–Crippen LogP) is 5.70. The minimum atomic E-state index is -3.71. The minimum Gasteiger partial charge on any atom is -0.497 e. The molecular weight excluding hydrogens is 566 g/mol. The van der Waals surface area contributed by atoms with Crippen LogP contribution in [0.5, 0.6) is 5.75 Å². The van der Waals surface area contributed by atoms with Crippen molar-refractivity contribution in [2.45, 2.75) is 31.6 Å². The van der Waals surface area contributed by atoms with Gasteiger partial charge < -0.3 is 4.74 Å². The van der Waals surface area contributed by atoms with E-state index in [1.165, 1.54) is 70.4 Å². The maximum Gasteiger partial charge on any atom is 0.280 e. The van der Waals surface area contributed by atoms with Crippen LogP contribution in [0.4, 0.5) is 10.8 Å². The molecule has 11 nitrogen and oxygen atoms in total. The summed E-state index contributed by atoms with van der Waals surface area (Å²) < 4.78 is 33.7. The van der Waals surface area contributed by atoms with E-state index in [4.69, 9.17) is 4.74 Å². The number of anilines is 1. The number of hydrogen-bond donors (Lipinski definition) is 0. The monoisotopic (exact) mass is 595 g/mol. The molecule has 0 aliphatic carbocycles. The third kappa shape index (κ3) is 6.76. The van der Waals surface area contributed by atoms with Crippen molar-refractivity contribution in [1.82, 2.24) is 9.29 Å². The molecule has 0 unspecified atom stereocenters. The van der Waals surface area contributed by atoms with Crippen molar-refractivity contribution in [1.29, 1.82) is 0 Å². The molecule has 41 heavy (non-hydrogen) atoms. The fraction of sp³-hybridized carbons (Fsp3) is 0.250. The molecule has 0 saturated carbocycles. The molecule has 0 fully saturated rings. The fourth-order valence-electron chi connectivity index (χ4n) is 3.93. The van der Waals surface area contributed by atoms with E-state index in [2.05, 4.69) is 10.1 Å². The molecular formula is C28H29N5O6S2. The number of nitro benzene ring substituents is 1. The zero-order valence-corrected chi connectivity index (χ0v) is 24.4. The van der Waals surface area contributed by atoms with Crippen molar-refractivity contribution in [3.63, 3.8) is 0 Å². The van der Waals surface area contributed by atoms with Crippen LogP contribution in [-0.2, 0) is 10.0 Å². The van der Waals surface area contributed by atoms with Crippen LogP contribution in [-0.4, -0.2) is 55.0 Å². The Kier molecular flexibility index (Phi) is 9.42. The third-order valence-corrected chi connectivity index (χ3v) is 9.22. The Morgan fingerprint density at radius 2 is 1.80 bits per heavy atom. The highest BCUT2D eigenvalue weighted by molar-refractivity contribution is 7.89. The second-order valence-corrected chi connectivity index (χ2v) is 11.9. The van der Waals surface area contributed by atoms with Crippen LogP contribution < -0.4 is 9.75 Å². The van der Waals surface area contributed by atoms with Gasteiger partial charge in [-0.25, -0.2) is 13.4 Å². The first-order chi connectivity index (χ1) is 19.7. The summed E-state index contributed by atoms with van der Waals surface area (Å²) in [5.74, 6) is 0.105. The van der Waals surface area contributed by atoms with Gasteiger partial charge in [0.05, 0.1) is 33.4 Å². The first-order valence-corrected chi connectivity index (χ1v) is 15.1. The molecule has 1 heterocycles. The number of ether oxygens (including phenoxy) is 1. The number of sulfonamides is 1. The molecule has 0 radical (unpaired) electrons. The number of carbonyl (C=O) groups excluding carboxylic acids is 1. The number of fused-ring (bicyclic) bond motifs is 1. The average Bonchev–Trinajstić information content (AvgIpc) is 3.40. The molecule has 1 amide bonds. The topological polar surface area (TPSA) is 135 Å². The molecule has 0 bridgehead atoms. The highest BCUT2D eigenvalue weighted by Crippen LogP contribution is 2.32. The van der Waals surface area contributed by atoms with Crippen molar-refractivity contribution < 1.29 is 22.9 Å². The number of aromatic nitrogens is 1. The molecule has 13 heteroatoms. The van der Waals surface area contributed by atoms with Crippen LogP contribution >= 0.6 is 11.3 Å².